The molecule has 1 radical (unpaired) electrons. The van der Waals surface area contributed by atoms with Crippen molar-refractivity contribution >= 4 is 13.5 Å². The van der Waals surface area contributed by atoms with Crippen LogP contribution in [0.5, 0.6) is 0 Å². The van der Waals surface area contributed by atoms with Crippen LogP contribution in [0.1, 0.15) is 53.7 Å². The van der Waals surface area contributed by atoms with E-state index in [1.165, 1.54) is 0 Å². The Kier molecular flexibility index (Phi) is 7.27. The molecular formula is C18H26F6IrN2P-. The largest absolute Gasteiger partial charge is 0 e. The monoisotopic (exact) mass is 608 g/mol. The third kappa shape index (κ3) is 8.71. The first-order valence-electron chi connectivity index (χ1n) is 8.35. The Morgan fingerprint density at radius 3 is 1.71 bits per heavy atom. The van der Waals surface area contributed by atoms with Crippen LogP contribution in [0.3, 0.4) is 0 Å². The van der Waals surface area contributed by atoms with Crippen LogP contribution < -0.4 is 0 Å². The summed E-state index contributed by atoms with van der Waals surface area (Å²) in [5.74, 6) is 0. The van der Waals surface area contributed by atoms with Crippen LogP contribution in [-0.2, 0) is 20.1 Å². The van der Waals surface area contributed by atoms with Crippen LogP contribution in [0.25, 0.3) is 0 Å². The van der Waals surface area contributed by atoms with E-state index in [0.717, 1.165) is 17.8 Å². The summed E-state index contributed by atoms with van der Waals surface area (Å²) >= 11 is 0. The SMILES string of the molecule is CC(C)(C)C1(C(C)(C)C)C=CN=C(c2ccccn2)C1.F[P-](F)(F)(F)(F)F.[Ir]. The quantitative estimate of drug-likeness (QED) is 0.233. The minimum atomic E-state index is -10.7. The maximum atomic E-state index is 9.87. The van der Waals surface area contributed by atoms with Crippen LogP contribution in [-0.4, -0.2) is 10.7 Å². The second-order valence-corrected chi connectivity index (χ2v) is 10.6. The standard InChI is InChI=1S/C18H26N2.F6P.Ir/c1-16(2,3)18(17(4,5)6)10-12-20-15(13-18)14-9-7-8-11-19-14;1-7(2,3,4,5)6;/h7-12H,13H2,1-6H3;;/q;-1;. The summed E-state index contributed by atoms with van der Waals surface area (Å²) in [6.07, 6.45) is 7.06. The second-order valence-electron chi connectivity index (χ2n) is 8.71. The summed E-state index contributed by atoms with van der Waals surface area (Å²) in [6, 6.07) is 6.02. The summed E-state index contributed by atoms with van der Waals surface area (Å²) in [5, 5.41) is 0. The molecule has 0 atom stereocenters. The predicted molar refractivity (Wildman–Crippen MR) is 99.4 cm³/mol. The van der Waals surface area contributed by atoms with Gasteiger partial charge in [-0.1, -0.05) is 53.7 Å². The van der Waals surface area contributed by atoms with Gasteiger partial charge in [0, 0.05) is 44.3 Å². The summed E-state index contributed by atoms with van der Waals surface area (Å²) in [4.78, 5) is 9.06. The van der Waals surface area contributed by atoms with Crippen LogP contribution >= 0.6 is 7.81 Å². The number of hydrogen-bond acceptors (Lipinski definition) is 2. The number of pyridine rings is 1. The minimum absolute atomic E-state index is 0. The van der Waals surface area contributed by atoms with Gasteiger partial charge in [0.05, 0.1) is 11.4 Å². The van der Waals surface area contributed by atoms with Crippen molar-refractivity contribution in [3.05, 3.63) is 42.4 Å². The van der Waals surface area contributed by atoms with Gasteiger partial charge >= 0.3 is 33.0 Å². The van der Waals surface area contributed by atoms with Crippen LogP contribution in [0.4, 0.5) is 25.2 Å². The Bertz CT molecular complexity index is 704. The molecule has 1 aliphatic rings. The molecule has 0 N–H and O–H groups in total. The van der Waals surface area contributed by atoms with Gasteiger partial charge < -0.3 is 0 Å². The van der Waals surface area contributed by atoms with Crippen LogP contribution in [0, 0.1) is 16.2 Å². The van der Waals surface area contributed by atoms with Crippen molar-refractivity contribution in [2.75, 3.05) is 0 Å². The first kappa shape index (κ1) is 27.2. The molecule has 0 saturated heterocycles. The van der Waals surface area contributed by atoms with Crippen molar-refractivity contribution in [2.24, 2.45) is 21.2 Å². The molecule has 2 heterocycles. The number of aliphatic imine (C=N–C) groups is 1. The maximum Gasteiger partial charge on any atom is 0 e. The first-order valence-corrected chi connectivity index (χ1v) is 10.4. The zero-order chi connectivity index (χ0) is 21.4. The number of hydrogen-bond donors (Lipinski definition) is 0. The maximum absolute atomic E-state index is 10.7. The fourth-order valence-electron chi connectivity index (χ4n) is 3.47. The average molecular weight is 608 g/mol. The number of nitrogens with zero attached hydrogens (tertiary/aromatic N) is 2. The zero-order valence-corrected chi connectivity index (χ0v) is 19.9. The Morgan fingerprint density at radius 2 is 1.36 bits per heavy atom. The topological polar surface area (TPSA) is 25.2 Å². The van der Waals surface area contributed by atoms with E-state index in [9.17, 15) is 25.2 Å². The minimum Gasteiger partial charge on any atom is 0 e. The van der Waals surface area contributed by atoms with Crippen molar-refractivity contribution in [3.8, 4) is 0 Å². The molecule has 0 aliphatic carbocycles. The molecule has 1 aromatic heterocycles. The average Bonchev–Trinajstić information content (AvgIpc) is 2.43. The molecule has 0 fully saturated rings. The van der Waals surface area contributed by atoms with E-state index in [4.69, 9.17) is 0 Å². The molecule has 28 heavy (non-hydrogen) atoms. The summed E-state index contributed by atoms with van der Waals surface area (Å²) in [5.41, 5.74) is 2.50. The Labute approximate surface area is 175 Å². The van der Waals surface area contributed by atoms with Gasteiger partial charge in [0.2, 0.25) is 0 Å². The normalized spacial score (nSPS) is 19.2. The van der Waals surface area contributed by atoms with E-state index in [0.29, 0.717) is 0 Å². The summed E-state index contributed by atoms with van der Waals surface area (Å²) in [6.45, 7) is 13.9. The molecule has 0 aromatic carbocycles. The van der Waals surface area contributed by atoms with E-state index >= 15 is 0 Å². The molecule has 0 saturated carbocycles. The van der Waals surface area contributed by atoms with Gasteiger partial charge in [-0.3, -0.25) is 9.98 Å². The van der Waals surface area contributed by atoms with Gasteiger partial charge in [0.25, 0.3) is 0 Å². The second kappa shape index (κ2) is 7.48. The van der Waals surface area contributed by atoms with Crippen molar-refractivity contribution in [2.45, 2.75) is 48.0 Å². The fraction of sp³-hybridized carbons (Fsp3) is 0.556. The van der Waals surface area contributed by atoms with E-state index < -0.39 is 7.81 Å². The Hall–Kier alpha value is -0.781. The molecule has 0 amide bonds. The van der Waals surface area contributed by atoms with Crippen LogP contribution in [0.15, 0.2) is 41.7 Å². The van der Waals surface area contributed by atoms with E-state index in [2.05, 4.69) is 57.6 Å². The van der Waals surface area contributed by atoms with Crippen molar-refractivity contribution < 1.29 is 45.3 Å². The van der Waals surface area contributed by atoms with Gasteiger partial charge in [0.15, 0.2) is 0 Å². The van der Waals surface area contributed by atoms with Gasteiger partial charge in [0.1, 0.15) is 0 Å². The molecule has 2 nitrogen and oxygen atoms in total. The van der Waals surface area contributed by atoms with Gasteiger partial charge in [-0.15, -0.1) is 0 Å². The molecule has 0 spiro atoms. The molecule has 0 bridgehead atoms. The molecule has 0 unspecified atom stereocenters. The number of allylic oxidation sites excluding steroid dienone is 1. The smallest absolute Gasteiger partial charge is 0 e. The molecule has 1 aliphatic heterocycles. The van der Waals surface area contributed by atoms with E-state index in [1.807, 2.05) is 30.6 Å². The van der Waals surface area contributed by atoms with Crippen molar-refractivity contribution in [1.29, 1.82) is 0 Å². The van der Waals surface area contributed by atoms with Crippen LogP contribution in [0.2, 0.25) is 0 Å². The number of halogens is 6. The molecule has 1 aromatic rings. The van der Waals surface area contributed by atoms with Crippen molar-refractivity contribution in [3.63, 3.8) is 0 Å². The summed E-state index contributed by atoms with van der Waals surface area (Å²) < 4.78 is 59.2. The van der Waals surface area contributed by atoms with E-state index in [1.54, 1.807) is 0 Å². The predicted octanol–water partition coefficient (Wildman–Crippen LogP) is 8.25. The van der Waals surface area contributed by atoms with Gasteiger partial charge in [-0.25, -0.2) is 0 Å². The third-order valence-corrected chi connectivity index (χ3v) is 4.67. The summed E-state index contributed by atoms with van der Waals surface area (Å²) in [7, 11) is -10.7. The zero-order valence-electron chi connectivity index (χ0n) is 16.6. The van der Waals surface area contributed by atoms with Gasteiger partial charge in [-0.2, -0.15) is 0 Å². The first-order chi connectivity index (χ1) is 11.6. The number of rotatable bonds is 1. The third-order valence-electron chi connectivity index (χ3n) is 4.67. The molecule has 165 valence electrons. The number of aromatic nitrogens is 1. The van der Waals surface area contributed by atoms with Gasteiger partial charge in [-0.05, 0) is 23.0 Å². The Morgan fingerprint density at radius 1 is 0.893 bits per heavy atom. The Balaban J connectivity index is 0.000000786. The molecular weight excluding hydrogens is 581 g/mol. The molecule has 10 heteroatoms. The fourth-order valence-corrected chi connectivity index (χ4v) is 3.47. The molecule has 2 rings (SSSR count). The van der Waals surface area contributed by atoms with Crippen molar-refractivity contribution in [1.82, 2.24) is 4.98 Å². The van der Waals surface area contributed by atoms with E-state index in [-0.39, 0.29) is 36.4 Å².